The van der Waals surface area contributed by atoms with Gasteiger partial charge >= 0.3 is 0 Å². The molecule has 0 spiro atoms. The largest absolute Gasteiger partial charge is 0.472 e. The molecule has 5 rings (SSSR count). The summed E-state index contributed by atoms with van der Waals surface area (Å²) in [6, 6.07) is 18.9. The van der Waals surface area contributed by atoms with Gasteiger partial charge in [0.1, 0.15) is 6.26 Å². The SMILES string of the molecule is O=C(NCCn1ccc2ccccc21)c1ccc(-n2cc(NC(=O)c3ccoc3)cn2)cc1. The summed E-state index contributed by atoms with van der Waals surface area (Å²) in [6.45, 7) is 1.22. The number of para-hydroxylation sites is 1. The summed E-state index contributed by atoms with van der Waals surface area (Å²) in [7, 11) is 0. The van der Waals surface area contributed by atoms with E-state index in [-0.39, 0.29) is 11.8 Å². The average molecular weight is 439 g/mol. The number of nitrogens with one attached hydrogen (secondary N) is 2. The zero-order valence-electron chi connectivity index (χ0n) is 17.6. The van der Waals surface area contributed by atoms with Gasteiger partial charge in [-0.3, -0.25) is 9.59 Å². The molecule has 8 nitrogen and oxygen atoms in total. The molecule has 3 heterocycles. The predicted molar refractivity (Wildman–Crippen MR) is 124 cm³/mol. The van der Waals surface area contributed by atoms with E-state index in [1.165, 1.54) is 17.9 Å². The van der Waals surface area contributed by atoms with Gasteiger partial charge in [0.2, 0.25) is 0 Å². The van der Waals surface area contributed by atoms with Crippen molar-refractivity contribution in [3.8, 4) is 5.69 Å². The summed E-state index contributed by atoms with van der Waals surface area (Å²) in [4.78, 5) is 24.6. The summed E-state index contributed by atoms with van der Waals surface area (Å²) in [5.41, 5.74) is 3.48. The number of hydrogen-bond acceptors (Lipinski definition) is 4. The number of fused-ring (bicyclic) bond motifs is 1. The van der Waals surface area contributed by atoms with Crippen LogP contribution in [0.5, 0.6) is 0 Å². The quantitative estimate of drug-likeness (QED) is 0.399. The van der Waals surface area contributed by atoms with E-state index in [0.717, 1.165) is 11.2 Å². The number of aromatic nitrogens is 3. The molecule has 3 aromatic heterocycles. The molecule has 5 aromatic rings. The van der Waals surface area contributed by atoms with Crippen molar-refractivity contribution < 1.29 is 14.0 Å². The van der Waals surface area contributed by atoms with E-state index >= 15 is 0 Å². The van der Waals surface area contributed by atoms with E-state index in [4.69, 9.17) is 4.42 Å². The molecule has 2 N–H and O–H groups in total. The molecule has 0 bridgehead atoms. The van der Waals surface area contributed by atoms with Crippen LogP contribution in [0.3, 0.4) is 0 Å². The molecule has 164 valence electrons. The standard InChI is InChI=1S/C25H21N5O3/c31-24(26-11-13-29-12-9-18-3-1-2-4-23(18)29)19-5-7-22(8-6-19)30-16-21(15-27-30)28-25(32)20-10-14-33-17-20/h1-10,12,14-17H,11,13H2,(H,26,31)(H,28,32). The molecule has 0 aliphatic heterocycles. The number of carbonyl (C=O) groups is 2. The lowest BCUT2D eigenvalue weighted by Gasteiger charge is -2.08. The Morgan fingerprint density at radius 2 is 1.79 bits per heavy atom. The van der Waals surface area contributed by atoms with Crippen LogP contribution in [0, 0.1) is 0 Å². The molecule has 2 aromatic carbocycles. The van der Waals surface area contributed by atoms with Gasteiger partial charge in [-0.15, -0.1) is 0 Å². The monoisotopic (exact) mass is 439 g/mol. The Kier molecular flexibility index (Phi) is 5.47. The van der Waals surface area contributed by atoms with Crippen molar-refractivity contribution in [3.05, 3.63) is 103 Å². The van der Waals surface area contributed by atoms with Crippen LogP contribution in [-0.2, 0) is 6.54 Å². The van der Waals surface area contributed by atoms with Crippen molar-refractivity contribution >= 4 is 28.4 Å². The average Bonchev–Trinajstić information content (AvgIpc) is 3.61. The van der Waals surface area contributed by atoms with Crippen LogP contribution in [0.1, 0.15) is 20.7 Å². The highest BCUT2D eigenvalue weighted by molar-refractivity contribution is 6.03. The first kappa shape index (κ1) is 20.3. The first-order valence-electron chi connectivity index (χ1n) is 10.5. The summed E-state index contributed by atoms with van der Waals surface area (Å²) in [5.74, 6) is -0.408. The third kappa shape index (κ3) is 4.40. The van der Waals surface area contributed by atoms with Gasteiger partial charge in [-0.1, -0.05) is 18.2 Å². The molecule has 0 radical (unpaired) electrons. The van der Waals surface area contributed by atoms with Crippen LogP contribution in [0.4, 0.5) is 5.69 Å². The van der Waals surface area contributed by atoms with E-state index in [9.17, 15) is 9.59 Å². The molecule has 0 unspecified atom stereocenters. The highest BCUT2D eigenvalue weighted by atomic mass is 16.3. The Morgan fingerprint density at radius 1 is 0.939 bits per heavy atom. The van der Waals surface area contributed by atoms with Gasteiger partial charge in [0.15, 0.2) is 0 Å². The molecule has 0 saturated heterocycles. The maximum absolute atomic E-state index is 12.5. The Hall–Kier alpha value is -4.59. The predicted octanol–water partition coefficient (Wildman–Crippen LogP) is 4.10. The highest BCUT2D eigenvalue weighted by Crippen LogP contribution is 2.16. The third-order valence-corrected chi connectivity index (χ3v) is 5.34. The Morgan fingerprint density at radius 3 is 2.61 bits per heavy atom. The number of carbonyl (C=O) groups excluding carboxylic acids is 2. The molecule has 8 heteroatoms. The molecule has 0 aliphatic carbocycles. The molecule has 0 fully saturated rings. The van der Waals surface area contributed by atoms with E-state index in [1.807, 2.05) is 30.5 Å². The van der Waals surface area contributed by atoms with Gasteiger partial charge < -0.3 is 19.6 Å². The Labute approximate surface area is 189 Å². The second-order valence-corrected chi connectivity index (χ2v) is 7.51. The smallest absolute Gasteiger partial charge is 0.259 e. The molecule has 0 atom stereocenters. The van der Waals surface area contributed by atoms with Crippen LogP contribution in [-0.4, -0.2) is 32.7 Å². The fourth-order valence-corrected chi connectivity index (χ4v) is 3.62. The topological polar surface area (TPSA) is 94.1 Å². The van der Waals surface area contributed by atoms with Crippen molar-refractivity contribution in [1.29, 1.82) is 0 Å². The number of rotatable bonds is 7. The number of furan rings is 1. The molecule has 2 amide bonds. The molecule has 33 heavy (non-hydrogen) atoms. The van der Waals surface area contributed by atoms with Crippen molar-refractivity contribution in [2.45, 2.75) is 6.54 Å². The van der Waals surface area contributed by atoms with Gasteiger partial charge in [-0.25, -0.2) is 4.68 Å². The van der Waals surface area contributed by atoms with Crippen LogP contribution in [0.2, 0.25) is 0 Å². The van der Waals surface area contributed by atoms with E-state index in [2.05, 4.69) is 38.5 Å². The van der Waals surface area contributed by atoms with Crippen molar-refractivity contribution in [3.63, 3.8) is 0 Å². The second-order valence-electron chi connectivity index (χ2n) is 7.51. The minimum absolute atomic E-state index is 0.133. The molecule has 0 aliphatic rings. The lowest BCUT2D eigenvalue weighted by molar-refractivity contribution is 0.0951. The fourth-order valence-electron chi connectivity index (χ4n) is 3.62. The van der Waals surface area contributed by atoms with Crippen LogP contribution in [0.25, 0.3) is 16.6 Å². The minimum atomic E-state index is -0.275. The normalized spacial score (nSPS) is 10.9. The maximum Gasteiger partial charge on any atom is 0.259 e. The lowest BCUT2D eigenvalue weighted by atomic mass is 10.2. The van der Waals surface area contributed by atoms with Gasteiger partial charge in [0.25, 0.3) is 11.8 Å². The summed E-state index contributed by atoms with van der Waals surface area (Å²) >= 11 is 0. The Balaban J connectivity index is 1.17. The third-order valence-electron chi connectivity index (χ3n) is 5.34. The number of nitrogens with zero attached hydrogens (tertiary/aromatic N) is 3. The fraction of sp³-hybridized carbons (Fsp3) is 0.0800. The summed E-state index contributed by atoms with van der Waals surface area (Å²) < 4.78 is 8.68. The minimum Gasteiger partial charge on any atom is -0.472 e. The van der Waals surface area contributed by atoms with E-state index < -0.39 is 0 Å². The van der Waals surface area contributed by atoms with Crippen molar-refractivity contribution in [2.75, 3.05) is 11.9 Å². The zero-order chi connectivity index (χ0) is 22.6. The summed E-state index contributed by atoms with van der Waals surface area (Å²) in [6.07, 6.45) is 8.11. The zero-order valence-corrected chi connectivity index (χ0v) is 17.6. The van der Waals surface area contributed by atoms with Gasteiger partial charge in [0.05, 0.1) is 35.6 Å². The van der Waals surface area contributed by atoms with Gasteiger partial charge in [0, 0.05) is 30.4 Å². The first-order valence-corrected chi connectivity index (χ1v) is 10.5. The molecular formula is C25H21N5O3. The van der Waals surface area contributed by atoms with Crippen molar-refractivity contribution in [2.24, 2.45) is 0 Å². The maximum atomic E-state index is 12.5. The number of amides is 2. The van der Waals surface area contributed by atoms with Crippen LogP contribution >= 0.6 is 0 Å². The van der Waals surface area contributed by atoms with Gasteiger partial charge in [-0.2, -0.15) is 5.10 Å². The van der Waals surface area contributed by atoms with Gasteiger partial charge in [-0.05, 0) is 47.9 Å². The number of hydrogen-bond donors (Lipinski definition) is 2. The molecular weight excluding hydrogens is 418 g/mol. The van der Waals surface area contributed by atoms with E-state index in [1.54, 1.807) is 35.3 Å². The highest BCUT2D eigenvalue weighted by Gasteiger charge is 2.10. The first-order chi connectivity index (χ1) is 16.2. The van der Waals surface area contributed by atoms with Crippen molar-refractivity contribution in [1.82, 2.24) is 19.7 Å². The lowest BCUT2D eigenvalue weighted by Crippen LogP contribution is -2.27. The van der Waals surface area contributed by atoms with E-state index in [0.29, 0.717) is 29.9 Å². The Bertz CT molecular complexity index is 1400. The van der Waals surface area contributed by atoms with Crippen LogP contribution in [0.15, 0.2) is 96.2 Å². The number of anilines is 1. The second kappa shape index (κ2) is 8.88. The molecule has 0 saturated carbocycles. The van der Waals surface area contributed by atoms with Crippen LogP contribution < -0.4 is 10.6 Å². The summed E-state index contributed by atoms with van der Waals surface area (Å²) in [5, 5.41) is 11.2. The number of benzene rings is 2.